The van der Waals surface area contributed by atoms with Gasteiger partial charge in [-0.1, -0.05) is 18.7 Å². The summed E-state index contributed by atoms with van der Waals surface area (Å²) in [6, 6.07) is 4.30. The quantitative estimate of drug-likeness (QED) is 0.509. The molecule has 0 saturated heterocycles. The van der Waals surface area contributed by atoms with Crippen molar-refractivity contribution in [1.82, 2.24) is 0 Å². The molecule has 0 amide bonds. The molecule has 0 aliphatic heterocycles. The molecule has 0 aromatic heterocycles. The number of hydrogen-bond acceptors (Lipinski definition) is 5. The minimum Gasteiger partial charge on any atom is -0.478 e. The van der Waals surface area contributed by atoms with Crippen LogP contribution in [0.25, 0.3) is 0 Å². The van der Waals surface area contributed by atoms with Crippen molar-refractivity contribution in [1.29, 1.82) is 0 Å². The number of carboxylic acid groups (broad SMARTS) is 1. The maximum atomic E-state index is 11.7. The lowest BCUT2D eigenvalue weighted by Gasteiger charge is -2.08. The van der Waals surface area contributed by atoms with Crippen LogP contribution in [0, 0.1) is 6.92 Å². The highest BCUT2D eigenvalue weighted by Crippen LogP contribution is 2.16. The molecule has 19 heavy (non-hydrogen) atoms. The average molecular weight is 264 g/mol. The van der Waals surface area contributed by atoms with Gasteiger partial charge in [0.05, 0.1) is 11.1 Å². The van der Waals surface area contributed by atoms with Gasteiger partial charge in [0.25, 0.3) is 0 Å². The Bertz CT molecular complexity index is 558. The number of benzene rings is 1. The molecule has 0 unspecified atom stereocenters. The van der Waals surface area contributed by atoms with E-state index < -0.39 is 17.9 Å². The zero-order valence-electron chi connectivity index (χ0n) is 10.4. The molecule has 0 fully saturated rings. The van der Waals surface area contributed by atoms with Gasteiger partial charge in [-0.15, -0.1) is 0 Å². The van der Waals surface area contributed by atoms with Gasteiger partial charge in [-0.2, -0.15) is 0 Å². The second kappa shape index (κ2) is 5.81. The minimum atomic E-state index is -1.28. The van der Waals surface area contributed by atoms with E-state index in [1.54, 1.807) is 13.0 Å². The van der Waals surface area contributed by atoms with E-state index in [1.807, 2.05) is 0 Å². The third-order valence-electron chi connectivity index (χ3n) is 2.25. The number of hydrogen-bond donors (Lipinski definition) is 1. The lowest BCUT2D eigenvalue weighted by molar-refractivity contribution is -0.229. The first-order valence-corrected chi connectivity index (χ1v) is 5.26. The van der Waals surface area contributed by atoms with Crippen LogP contribution in [0.5, 0.6) is 0 Å². The van der Waals surface area contributed by atoms with Crippen molar-refractivity contribution in [2.75, 3.05) is 0 Å². The molecular formula is C13H12O6. The standard InChI is InChI=1S/C13H12O6/c1-7(2)12(16)18-19-13(17)10-8(3)5-4-6-9(10)11(14)15/h4-6H,1H2,2-3H3,(H,14,15). The zero-order valence-corrected chi connectivity index (χ0v) is 10.4. The molecule has 0 aliphatic carbocycles. The largest absolute Gasteiger partial charge is 0.478 e. The highest BCUT2D eigenvalue weighted by Gasteiger charge is 2.22. The van der Waals surface area contributed by atoms with E-state index in [4.69, 9.17) is 5.11 Å². The van der Waals surface area contributed by atoms with Crippen LogP contribution in [0.2, 0.25) is 0 Å². The lowest BCUT2D eigenvalue weighted by atomic mass is 10.0. The van der Waals surface area contributed by atoms with Crippen LogP contribution in [0.1, 0.15) is 33.2 Å². The minimum absolute atomic E-state index is 0.0519. The first-order valence-electron chi connectivity index (χ1n) is 5.26. The Morgan fingerprint density at radius 1 is 1.21 bits per heavy atom. The van der Waals surface area contributed by atoms with E-state index in [2.05, 4.69) is 16.4 Å². The molecule has 1 aromatic rings. The highest BCUT2D eigenvalue weighted by atomic mass is 17.2. The van der Waals surface area contributed by atoms with Gasteiger partial charge < -0.3 is 5.11 Å². The van der Waals surface area contributed by atoms with Gasteiger partial charge in [0, 0.05) is 5.57 Å². The Balaban J connectivity index is 2.97. The van der Waals surface area contributed by atoms with Gasteiger partial charge in [-0.25, -0.2) is 24.2 Å². The summed E-state index contributed by atoms with van der Waals surface area (Å²) in [6.07, 6.45) is 0. The summed E-state index contributed by atoms with van der Waals surface area (Å²) in [5, 5.41) is 8.97. The Kier molecular flexibility index (Phi) is 4.41. The van der Waals surface area contributed by atoms with Crippen molar-refractivity contribution in [3.8, 4) is 0 Å². The summed E-state index contributed by atoms with van der Waals surface area (Å²) in [6.45, 7) is 6.24. The van der Waals surface area contributed by atoms with Gasteiger partial charge in [-0.05, 0) is 25.5 Å². The van der Waals surface area contributed by atoms with E-state index in [0.717, 1.165) is 0 Å². The second-order valence-electron chi connectivity index (χ2n) is 3.82. The fraction of sp³-hybridized carbons (Fsp3) is 0.154. The Morgan fingerprint density at radius 2 is 1.84 bits per heavy atom. The molecule has 0 heterocycles. The summed E-state index contributed by atoms with van der Waals surface area (Å²) in [7, 11) is 0. The molecule has 0 atom stereocenters. The third kappa shape index (κ3) is 3.41. The van der Waals surface area contributed by atoms with Crippen LogP contribution in [-0.4, -0.2) is 23.0 Å². The average Bonchev–Trinajstić information content (AvgIpc) is 2.34. The van der Waals surface area contributed by atoms with Crippen molar-refractivity contribution in [3.05, 3.63) is 47.0 Å². The number of carboxylic acids is 1. The first kappa shape index (κ1) is 14.4. The lowest BCUT2D eigenvalue weighted by Crippen LogP contribution is -2.16. The first-order chi connectivity index (χ1) is 8.84. The van der Waals surface area contributed by atoms with Gasteiger partial charge in [0.2, 0.25) is 0 Å². The van der Waals surface area contributed by atoms with Crippen LogP contribution in [-0.2, 0) is 14.6 Å². The molecule has 1 rings (SSSR count). The molecule has 100 valence electrons. The molecule has 6 nitrogen and oxygen atoms in total. The van der Waals surface area contributed by atoms with Crippen LogP contribution in [0.3, 0.4) is 0 Å². The summed E-state index contributed by atoms with van der Waals surface area (Å²) in [5.74, 6) is -3.23. The molecule has 1 aromatic carbocycles. The molecule has 0 spiro atoms. The van der Waals surface area contributed by atoms with E-state index in [-0.39, 0.29) is 16.7 Å². The smallest absolute Gasteiger partial charge is 0.387 e. The number of aromatic carboxylic acids is 1. The second-order valence-corrected chi connectivity index (χ2v) is 3.82. The predicted molar refractivity (Wildman–Crippen MR) is 64.5 cm³/mol. The normalized spacial score (nSPS) is 9.58. The van der Waals surface area contributed by atoms with Gasteiger partial charge in [-0.3, -0.25) is 0 Å². The Morgan fingerprint density at radius 3 is 2.37 bits per heavy atom. The van der Waals surface area contributed by atoms with Crippen molar-refractivity contribution in [2.24, 2.45) is 0 Å². The summed E-state index contributed by atoms with van der Waals surface area (Å²) >= 11 is 0. The number of aryl methyl sites for hydroxylation is 1. The van der Waals surface area contributed by atoms with Crippen LogP contribution in [0.4, 0.5) is 0 Å². The molecule has 0 bridgehead atoms. The summed E-state index contributed by atoms with van der Waals surface area (Å²) < 4.78 is 0. The van der Waals surface area contributed by atoms with Crippen molar-refractivity contribution in [3.63, 3.8) is 0 Å². The van der Waals surface area contributed by atoms with Crippen LogP contribution in [0.15, 0.2) is 30.4 Å². The van der Waals surface area contributed by atoms with Gasteiger partial charge in [0.1, 0.15) is 0 Å². The molecule has 0 radical (unpaired) electrons. The third-order valence-corrected chi connectivity index (χ3v) is 2.25. The predicted octanol–water partition coefficient (Wildman–Crippen LogP) is 1.88. The summed E-state index contributed by atoms with van der Waals surface area (Å²) in [5.41, 5.74) is 0.0632. The summed E-state index contributed by atoms with van der Waals surface area (Å²) in [4.78, 5) is 42.3. The molecule has 0 aliphatic rings. The maximum Gasteiger partial charge on any atom is 0.387 e. The van der Waals surface area contributed by atoms with Gasteiger partial charge in [0.15, 0.2) is 0 Å². The fourth-order valence-electron chi connectivity index (χ4n) is 1.31. The number of rotatable bonds is 3. The van der Waals surface area contributed by atoms with Crippen LogP contribution >= 0.6 is 0 Å². The SMILES string of the molecule is C=C(C)C(=O)OOC(=O)c1c(C)cccc1C(=O)O. The number of carbonyl (C=O) groups is 3. The Labute approximate surface area is 109 Å². The zero-order chi connectivity index (χ0) is 14.6. The molecule has 1 N–H and O–H groups in total. The highest BCUT2D eigenvalue weighted by molar-refractivity contribution is 6.03. The van der Waals surface area contributed by atoms with Crippen molar-refractivity contribution >= 4 is 17.9 Å². The van der Waals surface area contributed by atoms with Gasteiger partial charge >= 0.3 is 17.9 Å². The molecule has 0 saturated carbocycles. The van der Waals surface area contributed by atoms with Crippen molar-refractivity contribution < 1.29 is 29.3 Å². The van der Waals surface area contributed by atoms with E-state index in [1.165, 1.54) is 19.1 Å². The monoisotopic (exact) mass is 264 g/mol. The number of carbonyl (C=O) groups excluding carboxylic acids is 2. The van der Waals surface area contributed by atoms with Crippen molar-refractivity contribution in [2.45, 2.75) is 13.8 Å². The van der Waals surface area contributed by atoms with E-state index in [9.17, 15) is 14.4 Å². The van der Waals surface area contributed by atoms with E-state index in [0.29, 0.717) is 5.56 Å². The van der Waals surface area contributed by atoms with E-state index >= 15 is 0 Å². The molecular weight excluding hydrogens is 252 g/mol. The van der Waals surface area contributed by atoms with Crippen LogP contribution < -0.4 is 0 Å². The molecule has 6 heteroatoms. The Hall–Kier alpha value is -2.63. The fourth-order valence-corrected chi connectivity index (χ4v) is 1.31. The topological polar surface area (TPSA) is 89.9 Å². The maximum absolute atomic E-state index is 11.7.